The summed E-state index contributed by atoms with van der Waals surface area (Å²) in [7, 11) is -2.11. The minimum atomic E-state index is -3.65. The molecular formula is C27H38N2O5S. The van der Waals surface area contributed by atoms with E-state index in [0.717, 1.165) is 24.8 Å². The number of carbonyl (C=O) groups is 1. The van der Waals surface area contributed by atoms with Crippen LogP contribution in [0.2, 0.25) is 0 Å². The zero-order valence-electron chi connectivity index (χ0n) is 21.1. The number of sulfone groups is 1. The number of nitrogens with two attached hydrogens (primary N) is 1. The highest BCUT2D eigenvalue weighted by Gasteiger charge is 2.42. The van der Waals surface area contributed by atoms with Crippen LogP contribution in [0.25, 0.3) is 0 Å². The van der Waals surface area contributed by atoms with Crippen LogP contribution < -0.4 is 15.8 Å². The van der Waals surface area contributed by atoms with Gasteiger partial charge in [-0.3, -0.25) is 10.1 Å². The van der Waals surface area contributed by atoms with Crippen molar-refractivity contribution in [2.75, 3.05) is 12.9 Å². The molecule has 0 aromatic heterocycles. The van der Waals surface area contributed by atoms with Crippen LogP contribution in [0.15, 0.2) is 47.4 Å². The summed E-state index contributed by atoms with van der Waals surface area (Å²) in [5.74, 6) is -0.571. The Balaban J connectivity index is 2.19. The first-order valence-corrected chi connectivity index (χ1v) is 13.9. The summed E-state index contributed by atoms with van der Waals surface area (Å²) in [6, 6.07) is 13.0. The van der Waals surface area contributed by atoms with Gasteiger partial charge >= 0.3 is 5.97 Å². The SMILES string of the molecule is CCCC[C@]1(CC)CS(=O)(=O)c2cc(CC[C@@](C)(N)C(=O)O)c(OC)cc2[C@@H](c2ccccc2)N1. The molecule has 0 saturated heterocycles. The number of benzene rings is 2. The third-order valence-corrected chi connectivity index (χ3v) is 9.15. The number of hydrogen-bond acceptors (Lipinski definition) is 6. The van der Waals surface area contributed by atoms with Gasteiger partial charge < -0.3 is 15.6 Å². The molecule has 35 heavy (non-hydrogen) atoms. The monoisotopic (exact) mass is 502 g/mol. The van der Waals surface area contributed by atoms with Gasteiger partial charge in [0, 0.05) is 5.54 Å². The maximum Gasteiger partial charge on any atom is 0.323 e. The molecule has 192 valence electrons. The van der Waals surface area contributed by atoms with Crippen molar-refractivity contribution in [2.45, 2.75) is 81.3 Å². The summed E-state index contributed by atoms with van der Waals surface area (Å²) < 4.78 is 33.4. The van der Waals surface area contributed by atoms with Gasteiger partial charge in [0.15, 0.2) is 9.84 Å². The average molecular weight is 503 g/mol. The Morgan fingerprint density at radius 2 is 1.94 bits per heavy atom. The molecule has 1 heterocycles. The molecule has 8 heteroatoms. The number of fused-ring (bicyclic) bond motifs is 1. The number of carboxylic acid groups (broad SMARTS) is 1. The fourth-order valence-corrected chi connectivity index (χ4v) is 6.99. The molecular weight excluding hydrogens is 464 g/mol. The molecule has 3 rings (SSSR count). The van der Waals surface area contributed by atoms with E-state index >= 15 is 0 Å². The van der Waals surface area contributed by atoms with Crippen molar-refractivity contribution in [3.63, 3.8) is 0 Å². The molecule has 1 aliphatic rings. The van der Waals surface area contributed by atoms with E-state index in [-0.39, 0.29) is 29.5 Å². The molecule has 0 radical (unpaired) electrons. The number of hydrogen-bond donors (Lipinski definition) is 3. The number of aliphatic carboxylic acids is 1. The van der Waals surface area contributed by atoms with Gasteiger partial charge in [-0.1, -0.05) is 57.0 Å². The highest BCUT2D eigenvalue weighted by molar-refractivity contribution is 7.91. The summed E-state index contributed by atoms with van der Waals surface area (Å²) in [4.78, 5) is 11.8. The van der Waals surface area contributed by atoms with Crippen molar-refractivity contribution in [1.29, 1.82) is 0 Å². The summed E-state index contributed by atoms with van der Waals surface area (Å²) in [5, 5.41) is 13.2. The van der Waals surface area contributed by atoms with E-state index in [0.29, 0.717) is 23.3 Å². The first kappa shape index (κ1) is 27.2. The minimum absolute atomic E-state index is 0.00231. The van der Waals surface area contributed by atoms with Crippen molar-refractivity contribution in [3.05, 3.63) is 59.2 Å². The molecule has 4 N–H and O–H groups in total. The normalized spacial score (nSPS) is 23.1. The number of ether oxygens (including phenoxy) is 1. The molecule has 0 aliphatic carbocycles. The zero-order chi connectivity index (χ0) is 25.9. The Morgan fingerprint density at radius 3 is 2.51 bits per heavy atom. The van der Waals surface area contributed by atoms with Gasteiger partial charge in [0.2, 0.25) is 0 Å². The molecule has 3 atom stereocenters. The maximum atomic E-state index is 13.9. The molecule has 7 nitrogen and oxygen atoms in total. The van der Waals surface area contributed by atoms with Gasteiger partial charge in [-0.25, -0.2) is 8.42 Å². The predicted molar refractivity (Wildman–Crippen MR) is 138 cm³/mol. The Labute approximate surface area is 209 Å². The topological polar surface area (TPSA) is 119 Å². The summed E-state index contributed by atoms with van der Waals surface area (Å²) in [6.07, 6.45) is 3.76. The number of nitrogens with one attached hydrogen (secondary N) is 1. The van der Waals surface area contributed by atoms with Crippen LogP contribution in [0, 0.1) is 0 Å². The Kier molecular flexibility index (Phi) is 8.29. The molecule has 2 aromatic rings. The maximum absolute atomic E-state index is 13.9. The highest BCUT2D eigenvalue weighted by Crippen LogP contribution is 2.41. The van der Waals surface area contributed by atoms with Crippen molar-refractivity contribution in [3.8, 4) is 5.75 Å². The third kappa shape index (κ3) is 5.88. The van der Waals surface area contributed by atoms with Gasteiger partial charge in [-0.2, -0.15) is 0 Å². The molecule has 1 aliphatic heterocycles. The largest absolute Gasteiger partial charge is 0.496 e. The van der Waals surface area contributed by atoms with Gasteiger partial charge in [-0.15, -0.1) is 0 Å². The lowest BCUT2D eigenvalue weighted by molar-refractivity contribution is -0.142. The molecule has 0 unspecified atom stereocenters. The first-order valence-electron chi connectivity index (χ1n) is 12.3. The standard InChI is InChI=1S/C27H38N2O5S/c1-5-7-14-27(6-2)18-35(32,33)23-16-20(13-15-26(3,28)25(30)31)22(34-4)17-21(23)24(29-27)19-11-9-8-10-12-19/h8-12,16-17,24,29H,5-7,13-15,18,28H2,1-4H3,(H,30,31)/t24-,26-,27-/m1/s1. The number of aryl methyl sites for hydroxylation is 1. The van der Waals surface area contributed by atoms with Crippen LogP contribution in [-0.4, -0.2) is 43.4 Å². The van der Waals surface area contributed by atoms with Crippen molar-refractivity contribution >= 4 is 15.8 Å². The summed E-state index contributed by atoms with van der Waals surface area (Å²) in [5.41, 5.74) is 6.22. The fraction of sp³-hybridized carbons (Fsp3) is 0.519. The number of carboxylic acids is 1. The average Bonchev–Trinajstić information content (AvgIpc) is 2.93. The lowest BCUT2D eigenvalue weighted by atomic mass is 9.87. The minimum Gasteiger partial charge on any atom is -0.496 e. The number of rotatable bonds is 10. The molecule has 2 aromatic carbocycles. The van der Waals surface area contributed by atoms with Crippen LogP contribution in [0.3, 0.4) is 0 Å². The quantitative estimate of drug-likeness (QED) is 0.445. The van der Waals surface area contributed by atoms with Crippen LogP contribution in [0.4, 0.5) is 0 Å². The predicted octanol–water partition coefficient (Wildman–Crippen LogP) is 4.24. The lowest BCUT2D eigenvalue weighted by Crippen LogP contribution is -2.50. The number of unbranched alkanes of at least 4 members (excludes halogenated alkanes) is 1. The second-order valence-electron chi connectivity index (χ2n) is 9.91. The van der Waals surface area contributed by atoms with E-state index in [1.807, 2.05) is 37.3 Å². The second kappa shape index (κ2) is 10.7. The first-order chi connectivity index (χ1) is 16.5. The van der Waals surface area contributed by atoms with E-state index in [1.54, 1.807) is 12.1 Å². The number of methoxy groups -OCH3 is 1. The zero-order valence-corrected chi connectivity index (χ0v) is 22.0. The van der Waals surface area contributed by atoms with Crippen molar-refractivity contribution in [2.24, 2.45) is 5.73 Å². The van der Waals surface area contributed by atoms with E-state index in [2.05, 4.69) is 12.2 Å². The second-order valence-corrected chi connectivity index (χ2v) is 11.9. The van der Waals surface area contributed by atoms with Crippen molar-refractivity contribution < 1.29 is 23.1 Å². The van der Waals surface area contributed by atoms with Crippen molar-refractivity contribution in [1.82, 2.24) is 5.32 Å². The molecule has 0 saturated carbocycles. The fourth-order valence-electron chi connectivity index (χ4n) is 4.82. The Hall–Kier alpha value is -2.42. The van der Waals surface area contributed by atoms with Gasteiger partial charge in [0.05, 0.1) is 23.8 Å². The highest BCUT2D eigenvalue weighted by atomic mass is 32.2. The van der Waals surface area contributed by atoms with Crippen LogP contribution in [0.5, 0.6) is 5.75 Å². The van der Waals surface area contributed by atoms with Crippen LogP contribution in [-0.2, 0) is 21.1 Å². The summed E-state index contributed by atoms with van der Waals surface area (Å²) in [6.45, 7) is 5.61. The lowest BCUT2D eigenvalue weighted by Gasteiger charge is -2.36. The van der Waals surface area contributed by atoms with E-state index in [4.69, 9.17) is 10.5 Å². The Morgan fingerprint density at radius 1 is 1.26 bits per heavy atom. The molecule has 0 fully saturated rings. The van der Waals surface area contributed by atoms with E-state index in [9.17, 15) is 18.3 Å². The van der Waals surface area contributed by atoms with Crippen LogP contribution >= 0.6 is 0 Å². The third-order valence-electron chi connectivity index (χ3n) is 7.20. The van der Waals surface area contributed by atoms with E-state index in [1.165, 1.54) is 14.0 Å². The van der Waals surface area contributed by atoms with Gasteiger partial charge in [-0.05, 0) is 61.4 Å². The summed E-state index contributed by atoms with van der Waals surface area (Å²) >= 11 is 0. The Bertz CT molecular complexity index is 1150. The van der Waals surface area contributed by atoms with Crippen LogP contribution in [0.1, 0.15) is 75.6 Å². The molecule has 0 spiro atoms. The van der Waals surface area contributed by atoms with E-state index < -0.39 is 26.9 Å². The molecule has 0 amide bonds. The van der Waals surface area contributed by atoms with Gasteiger partial charge in [0.25, 0.3) is 0 Å². The smallest absolute Gasteiger partial charge is 0.323 e. The van der Waals surface area contributed by atoms with Gasteiger partial charge in [0.1, 0.15) is 11.3 Å². The molecule has 0 bridgehead atoms.